The molecule has 0 radical (unpaired) electrons. The van der Waals surface area contributed by atoms with Gasteiger partial charge in [0, 0.05) is 22.3 Å². The van der Waals surface area contributed by atoms with Crippen LogP contribution in [-0.2, 0) is 27.7 Å². The second-order valence-electron chi connectivity index (χ2n) is 7.42. The minimum Gasteiger partial charge on any atom is -0.497 e. The van der Waals surface area contributed by atoms with Crippen molar-refractivity contribution in [2.75, 3.05) is 7.11 Å². The highest BCUT2D eigenvalue weighted by molar-refractivity contribution is 7.83. The molecule has 2 aromatic carbocycles. The van der Waals surface area contributed by atoms with E-state index in [1.54, 1.807) is 7.11 Å². The van der Waals surface area contributed by atoms with Gasteiger partial charge in [-0.3, -0.25) is 4.21 Å². The molecule has 2 rings (SSSR count). The molecule has 2 aromatic rings. The minimum absolute atomic E-state index is 0.133. The number of hydrogen-bond acceptors (Lipinski definition) is 2. The third-order valence-electron chi connectivity index (χ3n) is 4.33. The summed E-state index contributed by atoms with van der Waals surface area (Å²) in [6, 6.07) is 12.3. The Hall–Kier alpha value is -1.61. The van der Waals surface area contributed by atoms with Crippen molar-refractivity contribution in [3.8, 4) is 5.75 Å². The zero-order valence-corrected chi connectivity index (χ0v) is 16.4. The van der Waals surface area contributed by atoms with Gasteiger partial charge in [0.25, 0.3) is 0 Å². The molecule has 0 heterocycles. The van der Waals surface area contributed by atoms with Crippen LogP contribution in [-0.4, -0.2) is 11.3 Å². The SMILES string of the molecule is COc1cccc(C[S@](=O)Cc2c(C)cc(C(C)(C)C)cc2C)c1. The van der Waals surface area contributed by atoms with E-state index in [-0.39, 0.29) is 5.41 Å². The molecule has 0 aromatic heterocycles. The monoisotopic (exact) mass is 344 g/mol. The highest BCUT2D eigenvalue weighted by atomic mass is 32.2. The molecule has 0 saturated heterocycles. The molecule has 0 amide bonds. The average Bonchev–Trinajstić information content (AvgIpc) is 2.50. The Labute approximate surface area is 148 Å². The Morgan fingerprint density at radius 1 is 1.00 bits per heavy atom. The third kappa shape index (κ3) is 4.70. The fourth-order valence-corrected chi connectivity index (χ4v) is 4.24. The lowest BCUT2D eigenvalue weighted by atomic mass is 9.84. The largest absolute Gasteiger partial charge is 0.497 e. The van der Waals surface area contributed by atoms with Crippen LogP contribution in [0.5, 0.6) is 5.75 Å². The molecule has 0 spiro atoms. The summed E-state index contributed by atoms with van der Waals surface area (Å²) in [5.74, 6) is 1.96. The number of aryl methyl sites for hydroxylation is 2. The van der Waals surface area contributed by atoms with Gasteiger partial charge in [0.1, 0.15) is 5.75 Å². The third-order valence-corrected chi connectivity index (χ3v) is 5.60. The zero-order valence-electron chi connectivity index (χ0n) is 15.6. The topological polar surface area (TPSA) is 26.3 Å². The number of rotatable bonds is 5. The van der Waals surface area contributed by atoms with E-state index < -0.39 is 10.8 Å². The molecule has 0 N–H and O–H groups in total. The highest BCUT2D eigenvalue weighted by Crippen LogP contribution is 2.28. The molecule has 0 aliphatic heterocycles. The van der Waals surface area contributed by atoms with Crippen LogP contribution < -0.4 is 4.74 Å². The summed E-state index contributed by atoms with van der Waals surface area (Å²) in [6.07, 6.45) is 0. The van der Waals surface area contributed by atoms with Gasteiger partial charge in [-0.25, -0.2) is 0 Å². The van der Waals surface area contributed by atoms with Gasteiger partial charge in [-0.15, -0.1) is 0 Å². The van der Waals surface area contributed by atoms with E-state index in [4.69, 9.17) is 4.74 Å². The molecule has 0 fully saturated rings. The molecule has 1 atom stereocenters. The van der Waals surface area contributed by atoms with E-state index in [1.807, 2.05) is 24.3 Å². The van der Waals surface area contributed by atoms with Crippen LogP contribution in [0.25, 0.3) is 0 Å². The van der Waals surface area contributed by atoms with Gasteiger partial charge in [0.15, 0.2) is 0 Å². The van der Waals surface area contributed by atoms with Gasteiger partial charge < -0.3 is 4.74 Å². The van der Waals surface area contributed by atoms with E-state index >= 15 is 0 Å². The van der Waals surface area contributed by atoms with Gasteiger partial charge in [-0.05, 0) is 59.2 Å². The standard InChI is InChI=1S/C21H28O2S/c1-15-10-18(21(3,4)5)11-16(2)20(15)14-24(22)13-17-8-7-9-19(12-17)23-6/h7-12H,13-14H2,1-6H3/t24-/m0/s1. The maximum atomic E-state index is 12.6. The van der Waals surface area contributed by atoms with E-state index in [0.29, 0.717) is 11.5 Å². The molecule has 130 valence electrons. The van der Waals surface area contributed by atoms with Gasteiger partial charge >= 0.3 is 0 Å². The van der Waals surface area contributed by atoms with Crippen LogP contribution in [0.4, 0.5) is 0 Å². The first-order chi connectivity index (χ1) is 11.2. The summed E-state index contributed by atoms with van der Waals surface area (Å²) < 4.78 is 17.9. The van der Waals surface area contributed by atoms with Crippen LogP contribution >= 0.6 is 0 Å². The second kappa shape index (κ2) is 7.52. The van der Waals surface area contributed by atoms with E-state index in [9.17, 15) is 4.21 Å². The molecule has 0 aliphatic carbocycles. The summed E-state index contributed by atoms with van der Waals surface area (Å²) in [5, 5.41) is 0. The Bertz CT molecular complexity index is 719. The van der Waals surface area contributed by atoms with E-state index in [2.05, 4.69) is 46.8 Å². The molecule has 0 saturated carbocycles. The van der Waals surface area contributed by atoms with Crippen molar-refractivity contribution in [2.24, 2.45) is 0 Å². The van der Waals surface area contributed by atoms with Crippen molar-refractivity contribution >= 4 is 10.8 Å². The second-order valence-corrected chi connectivity index (χ2v) is 8.88. The van der Waals surface area contributed by atoms with E-state index in [0.717, 1.165) is 11.3 Å². The molecule has 0 bridgehead atoms. The maximum Gasteiger partial charge on any atom is 0.119 e. The Balaban J connectivity index is 2.17. The first-order valence-corrected chi connectivity index (χ1v) is 9.78. The van der Waals surface area contributed by atoms with Gasteiger partial charge in [-0.1, -0.05) is 45.0 Å². The molecule has 2 nitrogen and oxygen atoms in total. The Morgan fingerprint density at radius 3 is 2.17 bits per heavy atom. The first kappa shape index (κ1) is 18.7. The van der Waals surface area contributed by atoms with Gasteiger partial charge in [0.05, 0.1) is 7.11 Å². The predicted molar refractivity (Wildman–Crippen MR) is 103 cm³/mol. The van der Waals surface area contributed by atoms with Gasteiger partial charge in [0.2, 0.25) is 0 Å². The molecular weight excluding hydrogens is 316 g/mol. The minimum atomic E-state index is -0.936. The lowest BCUT2D eigenvalue weighted by Crippen LogP contribution is -2.13. The Morgan fingerprint density at radius 2 is 1.62 bits per heavy atom. The van der Waals surface area contributed by atoms with Crippen molar-refractivity contribution < 1.29 is 8.95 Å². The lowest BCUT2D eigenvalue weighted by Gasteiger charge is -2.22. The fraction of sp³-hybridized carbons (Fsp3) is 0.429. The lowest BCUT2D eigenvalue weighted by molar-refractivity contribution is 0.414. The number of benzene rings is 2. The van der Waals surface area contributed by atoms with Crippen LogP contribution in [0.1, 0.15) is 48.6 Å². The molecule has 0 aliphatic rings. The average molecular weight is 345 g/mol. The smallest absolute Gasteiger partial charge is 0.119 e. The van der Waals surface area contributed by atoms with E-state index in [1.165, 1.54) is 22.3 Å². The van der Waals surface area contributed by atoms with Crippen molar-refractivity contribution in [1.82, 2.24) is 0 Å². The van der Waals surface area contributed by atoms with Crippen LogP contribution in [0.3, 0.4) is 0 Å². The number of ether oxygens (including phenoxy) is 1. The van der Waals surface area contributed by atoms with Crippen molar-refractivity contribution in [2.45, 2.75) is 51.5 Å². The normalized spacial score (nSPS) is 12.9. The highest BCUT2D eigenvalue weighted by Gasteiger charge is 2.17. The fourth-order valence-electron chi connectivity index (χ4n) is 2.81. The molecule has 3 heteroatoms. The summed E-state index contributed by atoms with van der Waals surface area (Å²) in [4.78, 5) is 0. The van der Waals surface area contributed by atoms with Gasteiger partial charge in [-0.2, -0.15) is 0 Å². The van der Waals surface area contributed by atoms with Crippen molar-refractivity contribution in [3.63, 3.8) is 0 Å². The summed E-state index contributed by atoms with van der Waals surface area (Å²) in [7, 11) is 0.716. The van der Waals surface area contributed by atoms with Crippen LogP contribution in [0.2, 0.25) is 0 Å². The first-order valence-electron chi connectivity index (χ1n) is 8.29. The molecular formula is C21H28O2S. The van der Waals surface area contributed by atoms with Crippen LogP contribution in [0, 0.1) is 13.8 Å². The van der Waals surface area contributed by atoms with Crippen molar-refractivity contribution in [3.05, 3.63) is 64.2 Å². The number of methoxy groups -OCH3 is 1. The van der Waals surface area contributed by atoms with Crippen LogP contribution in [0.15, 0.2) is 36.4 Å². The summed E-state index contributed by atoms with van der Waals surface area (Å²) >= 11 is 0. The maximum absolute atomic E-state index is 12.6. The molecule has 0 unspecified atom stereocenters. The quantitative estimate of drug-likeness (QED) is 0.758. The Kier molecular flexibility index (Phi) is 5.87. The van der Waals surface area contributed by atoms with Crippen molar-refractivity contribution in [1.29, 1.82) is 0 Å². The summed E-state index contributed by atoms with van der Waals surface area (Å²) in [6.45, 7) is 10.9. The zero-order chi connectivity index (χ0) is 17.9. The summed E-state index contributed by atoms with van der Waals surface area (Å²) in [5.41, 5.74) is 6.20. The molecule has 24 heavy (non-hydrogen) atoms. The number of hydrogen-bond donors (Lipinski definition) is 0. The predicted octanol–water partition coefficient (Wildman–Crippen LogP) is 5.06.